The van der Waals surface area contributed by atoms with Gasteiger partial charge in [0.1, 0.15) is 5.82 Å². The lowest BCUT2D eigenvalue weighted by Gasteiger charge is -2.33. The molecule has 23 heavy (non-hydrogen) atoms. The van der Waals surface area contributed by atoms with E-state index in [1.54, 1.807) is 18.5 Å². The molecule has 1 aliphatic rings. The van der Waals surface area contributed by atoms with Crippen LogP contribution < -0.4 is 0 Å². The number of piperidine rings is 1. The summed E-state index contributed by atoms with van der Waals surface area (Å²) in [7, 11) is 0. The summed E-state index contributed by atoms with van der Waals surface area (Å²) >= 11 is 0. The van der Waals surface area contributed by atoms with Gasteiger partial charge in [-0.25, -0.2) is 4.39 Å². The summed E-state index contributed by atoms with van der Waals surface area (Å²) in [5, 5.41) is 0. The Labute approximate surface area is 136 Å². The molecule has 3 nitrogen and oxygen atoms in total. The molecule has 0 aliphatic carbocycles. The van der Waals surface area contributed by atoms with E-state index >= 15 is 0 Å². The van der Waals surface area contributed by atoms with E-state index in [4.69, 9.17) is 0 Å². The fraction of sp³-hybridized carbons (Fsp3) is 0.368. The molecular weight excluding hydrogens is 291 g/mol. The van der Waals surface area contributed by atoms with Crippen LogP contribution in [0.5, 0.6) is 0 Å². The van der Waals surface area contributed by atoms with Crippen LogP contribution in [0.4, 0.5) is 4.39 Å². The molecule has 1 aromatic heterocycles. The number of aryl methyl sites for hydroxylation is 1. The largest absolute Gasteiger partial charge is 0.338 e. The Bertz CT molecular complexity index is 642. The van der Waals surface area contributed by atoms with Gasteiger partial charge in [-0.2, -0.15) is 0 Å². The van der Waals surface area contributed by atoms with Crippen molar-refractivity contribution in [2.75, 3.05) is 13.1 Å². The van der Waals surface area contributed by atoms with Gasteiger partial charge in [-0.3, -0.25) is 9.78 Å². The molecule has 1 amide bonds. The maximum atomic E-state index is 12.9. The molecule has 1 unspecified atom stereocenters. The van der Waals surface area contributed by atoms with Crippen LogP contribution in [0.3, 0.4) is 0 Å². The third-order valence-electron chi connectivity index (χ3n) is 4.47. The van der Waals surface area contributed by atoms with Gasteiger partial charge >= 0.3 is 0 Å². The zero-order valence-corrected chi connectivity index (χ0v) is 13.1. The molecule has 1 fully saturated rings. The van der Waals surface area contributed by atoms with Crippen molar-refractivity contribution in [3.05, 3.63) is 65.7 Å². The number of rotatable bonds is 4. The van der Waals surface area contributed by atoms with Gasteiger partial charge in [0.15, 0.2) is 0 Å². The third kappa shape index (κ3) is 4.15. The summed E-state index contributed by atoms with van der Waals surface area (Å²) in [5.74, 6) is 0.388. The number of hydrogen-bond acceptors (Lipinski definition) is 2. The zero-order chi connectivity index (χ0) is 16.1. The highest BCUT2D eigenvalue weighted by molar-refractivity contribution is 5.93. The second-order valence-corrected chi connectivity index (χ2v) is 6.17. The maximum Gasteiger partial charge on any atom is 0.255 e. The summed E-state index contributed by atoms with van der Waals surface area (Å²) in [6, 6.07) is 10.3. The second kappa shape index (κ2) is 7.36. The van der Waals surface area contributed by atoms with Crippen molar-refractivity contribution in [2.45, 2.75) is 25.7 Å². The third-order valence-corrected chi connectivity index (χ3v) is 4.47. The lowest BCUT2D eigenvalue weighted by Crippen LogP contribution is -2.40. The van der Waals surface area contributed by atoms with E-state index in [1.807, 2.05) is 23.1 Å². The fourth-order valence-corrected chi connectivity index (χ4v) is 3.18. The fourth-order valence-electron chi connectivity index (χ4n) is 3.18. The van der Waals surface area contributed by atoms with Crippen LogP contribution in [-0.4, -0.2) is 28.9 Å². The monoisotopic (exact) mass is 312 g/mol. The van der Waals surface area contributed by atoms with Crippen molar-refractivity contribution < 1.29 is 9.18 Å². The van der Waals surface area contributed by atoms with Crippen molar-refractivity contribution in [2.24, 2.45) is 5.92 Å². The molecule has 2 heterocycles. The minimum Gasteiger partial charge on any atom is -0.338 e. The standard InChI is InChI=1S/C19H21FN2O/c20-18-9-7-15(8-10-18)5-6-16-3-2-12-22(14-16)19(23)17-4-1-11-21-13-17/h1,4,7-11,13,16H,2-3,5-6,12,14H2. The van der Waals surface area contributed by atoms with E-state index in [0.717, 1.165) is 44.3 Å². The molecule has 0 radical (unpaired) electrons. The summed E-state index contributed by atoms with van der Waals surface area (Å²) in [5.41, 5.74) is 1.81. The topological polar surface area (TPSA) is 33.2 Å². The lowest BCUT2D eigenvalue weighted by molar-refractivity contribution is 0.0668. The molecular formula is C19H21FN2O. The van der Waals surface area contributed by atoms with Crippen molar-refractivity contribution >= 4 is 5.91 Å². The van der Waals surface area contributed by atoms with Crippen LogP contribution in [0.15, 0.2) is 48.8 Å². The predicted molar refractivity (Wildman–Crippen MR) is 87.6 cm³/mol. The van der Waals surface area contributed by atoms with Crippen LogP contribution in [-0.2, 0) is 6.42 Å². The van der Waals surface area contributed by atoms with E-state index in [9.17, 15) is 9.18 Å². The number of halogens is 1. The molecule has 0 N–H and O–H groups in total. The first-order valence-electron chi connectivity index (χ1n) is 8.16. The molecule has 3 rings (SSSR count). The van der Waals surface area contributed by atoms with Gasteiger partial charge in [-0.15, -0.1) is 0 Å². The highest BCUT2D eigenvalue weighted by Gasteiger charge is 2.24. The van der Waals surface area contributed by atoms with E-state index in [0.29, 0.717) is 11.5 Å². The Hall–Kier alpha value is -2.23. The molecule has 0 saturated carbocycles. The summed E-state index contributed by atoms with van der Waals surface area (Å²) in [4.78, 5) is 18.5. The van der Waals surface area contributed by atoms with E-state index in [-0.39, 0.29) is 11.7 Å². The van der Waals surface area contributed by atoms with Crippen molar-refractivity contribution in [1.82, 2.24) is 9.88 Å². The van der Waals surface area contributed by atoms with Crippen LogP contribution >= 0.6 is 0 Å². The minimum atomic E-state index is -0.195. The molecule has 2 aromatic rings. The molecule has 0 spiro atoms. The first kappa shape index (κ1) is 15.7. The summed E-state index contributed by atoms with van der Waals surface area (Å²) in [6.45, 7) is 1.62. The summed E-state index contributed by atoms with van der Waals surface area (Å²) in [6.07, 6.45) is 7.46. The molecule has 120 valence electrons. The zero-order valence-electron chi connectivity index (χ0n) is 13.1. The van der Waals surface area contributed by atoms with E-state index in [1.165, 1.54) is 12.1 Å². The van der Waals surface area contributed by atoms with Crippen molar-refractivity contribution in [3.8, 4) is 0 Å². The average Bonchev–Trinajstić information content (AvgIpc) is 2.61. The molecule has 0 bridgehead atoms. The van der Waals surface area contributed by atoms with Crippen molar-refractivity contribution in [1.29, 1.82) is 0 Å². The first-order chi connectivity index (χ1) is 11.2. The lowest BCUT2D eigenvalue weighted by atomic mass is 9.91. The Balaban J connectivity index is 1.56. The number of carbonyl (C=O) groups is 1. The number of hydrogen-bond donors (Lipinski definition) is 0. The van der Waals surface area contributed by atoms with E-state index < -0.39 is 0 Å². The van der Waals surface area contributed by atoms with Gasteiger partial charge in [0.05, 0.1) is 5.56 Å². The molecule has 4 heteroatoms. The Morgan fingerprint density at radius 3 is 2.83 bits per heavy atom. The normalized spacial score (nSPS) is 18.0. The smallest absolute Gasteiger partial charge is 0.255 e. The van der Waals surface area contributed by atoms with Crippen LogP contribution in [0.1, 0.15) is 35.2 Å². The van der Waals surface area contributed by atoms with Crippen LogP contribution in [0.2, 0.25) is 0 Å². The SMILES string of the molecule is O=C(c1cccnc1)N1CCCC(CCc2ccc(F)cc2)C1. The highest BCUT2D eigenvalue weighted by atomic mass is 19.1. The van der Waals surface area contributed by atoms with Gasteiger partial charge in [0.25, 0.3) is 5.91 Å². The molecule has 1 aromatic carbocycles. The number of benzene rings is 1. The quantitative estimate of drug-likeness (QED) is 0.862. The molecule has 1 saturated heterocycles. The number of pyridine rings is 1. The number of nitrogens with zero attached hydrogens (tertiary/aromatic N) is 2. The van der Waals surface area contributed by atoms with Gasteiger partial charge < -0.3 is 4.90 Å². The predicted octanol–water partition coefficient (Wildman–Crippen LogP) is 3.71. The van der Waals surface area contributed by atoms with Gasteiger partial charge in [0.2, 0.25) is 0 Å². The second-order valence-electron chi connectivity index (χ2n) is 6.17. The molecule has 1 atom stereocenters. The summed E-state index contributed by atoms with van der Waals surface area (Å²) < 4.78 is 12.9. The average molecular weight is 312 g/mol. The Morgan fingerprint density at radius 1 is 1.26 bits per heavy atom. The number of carbonyl (C=O) groups excluding carboxylic acids is 1. The van der Waals surface area contributed by atoms with Crippen LogP contribution in [0.25, 0.3) is 0 Å². The van der Waals surface area contributed by atoms with Gasteiger partial charge in [-0.1, -0.05) is 12.1 Å². The molecule has 1 aliphatic heterocycles. The Kier molecular flexibility index (Phi) is 5.01. The van der Waals surface area contributed by atoms with E-state index in [2.05, 4.69) is 4.98 Å². The minimum absolute atomic E-state index is 0.0737. The van der Waals surface area contributed by atoms with Crippen molar-refractivity contribution in [3.63, 3.8) is 0 Å². The number of aromatic nitrogens is 1. The maximum absolute atomic E-state index is 12.9. The van der Waals surface area contributed by atoms with Gasteiger partial charge in [-0.05, 0) is 61.4 Å². The number of likely N-dealkylation sites (tertiary alicyclic amines) is 1. The van der Waals surface area contributed by atoms with Gasteiger partial charge in [0, 0.05) is 25.5 Å². The Morgan fingerprint density at radius 2 is 2.09 bits per heavy atom. The highest BCUT2D eigenvalue weighted by Crippen LogP contribution is 2.23. The first-order valence-corrected chi connectivity index (χ1v) is 8.16. The van der Waals surface area contributed by atoms with Crippen LogP contribution in [0, 0.1) is 11.7 Å². The number of amides is 1.